The van der Waals surface area contributed by atoms with E-state index in [1.807, 2.05) is 18.3 Å². The van der Waals surface area contributed by atoms with E-state index in [0.717, 1.165) is 22.9 Å². The van der Waals surface area contributed by atoms with Crippen molar-refractivity contribution in [3.8, 4) is 0 Å². The Morgan fingerprint density at radius 3 is 2.89 bits per heavy atom. The molecule has 140 valence electrons. The largest absolute Gasteiger partial charge is 0.378 e. The van der Waals surface area contributed by atoms with Crippen molar-refractivity contribution in [3.05, 3.63) is 53.6 Å². The van der Waals surface area contributed by atoms with Crippen molar-refractivity contribution in [2.45, 2.75) is 31.2 Å². The fourth-order valence-corrected chi connectivity index (χ4v) is 6.53. The molecule has 2 fully saturated rings. The third-order valence-electron chi connectivity index (χ3n) is 7.57. The minimum Gasteiger partial charge on any atom is -0.378 e. The van der Waals surface area contributed by atoms with Crippen LogP contribution in [-0.4, -0.2) is 20.4 Å². The van der Waals surface area contributed by atoms with Crippen LogP contribution in [0.1, 0.15) is 42.3 Å². The summed E-state index contributed by atoms with van der Waals surface area (Å²) in [5.41, 5.74) is 5.61. The molecule has 2 aromatic heterocycles. The van der Waals surface area contributed by atoms with E-state index in [0.29, 0.717) is 22.7 Å². The number of hydrogen-bond acceptors (Lipinski definition) is 3. The highest BCUT2D eigenvalue weighted by Gasteiger charge is 2.54. The second kappa shape index (κ2) is 5.13. The zero-order valence-corrected chi connectivity index (χ0v) is 15.2. The molecular formula is C22H20FN5. The SMILES string of the molecule is Fc1[nH]nc2ccc([C@@H]3Nc4ccc5[nH]ncc5c4[C@H]4C5CC[C@@H](C5)[C@@H]34)cc12. The van der Waals surface area contributed by atoms with Gasteiger partial charge in [0.25, 0.3) is 0 Å². The van der Waals surface area contributed by atoms with Gasteiger partial charge < -0.3 is 5.32 Å². The van der Waals surface area contributed by atoms with Gasteiger partial charge in [0.05, 0.1) is 28.7 Å². The van der Waals surface area contributed by atoms with Gasteiger partial charge in [-0.3, -0.25) is 10.2 Å². The van der Waals surface area contributed by atoms with Gasteiger partial charge >= 0.3 is 0 Å². The van der Waals surface area contributed by atoms with Crippen LogP contribution in [0.25, 0.3) is 21.8 Å². The van der Waals surface area contributed by atoms with Crippen molar-refractivity contribution < 1.29 is 4.39 Å². The van der Waals surface area contributed by atoms with E-state index >= 15 is 0 Å². The second-order valence-corrected chi connectivity index (χ2v) is 8.73. The van der Waals surface area contributed by atoms with Gasteiger partial charge in [0.2, 0.25) is 5.95 Å². The predicted octanol–water partition coefficient (Wildman–Crippen LogP) is 4.87. The molecule has 0 amide bonds. The molecule has 6 heteroatoms. The molecule has 1 unspecified atom stereocenters. The summed E-state index contributed by atoms with van der Waals surface area (Å²) in [4.78, 5) is 0. The Labute approximate surface area is 160 Å². The summed E-state index contributed by atoms with van der Waals surface area (Å²) < 4.78 is 14.1. The summed E-state index contributed by atoms with van der Waals surface area (Å²) in [5, 5.41) is 19.6. The number of rotatable bonds is 1. The van der Waals surface area contributed by atoms with E-state index < -0.39 is 0 Å². The number of halogens is 1. The molecule has 2 saturated carbocycles. The van der Waals surface area contributed by atoms with Gasteiger partial charge in [-0.1, -0.05) is 6.07 Å². The molecule has 3 heterocycles. The Hall–Kier alpha value is -2.89. The molecule has 2 bridgehead atoms. The highest BCUT2D eigenvalue weighted by molar-refractivity contribution is 5.89. The number of anilines is 1. The highest BCUT2D eigenvalue weighted by atomic mass is 19.1. The number of hydrogen-bond donors (Lipinski definition) is 3. The normalized spacial score (nSPS) is 30.5. The first-order valence-electron chi connectivity index (χ1n) is 10.1. The third-order valence-corrected chi connectivity index (χ3v) is 7.57. The number of benzene rings is 2. The fourth-order valence-electron chi connectivity index (χ4n) is 6.53. The van der Waals surface area contributed by atoms with Crippen LogP contribution in [0.5, 0.6) is 0 Å². The van der Waals surface area contributed by atoms with Crippen molar-refractivity contribution in [2.75, 3.05) is 5.32 Å². The van der Waals surface area contributed by atoms with Crippen LogP contribution in [0, 0.1) is 23.7 Å². The zero-order chi connectivity index (χ0) is 18.4. The van der Waals surface area contributed by atoms with E-state index in [4.69, 9.17) is 0 Å². The van der Waals surface area contributed by atoms with Gasteiger partial charge in [0.15, 0.2) is 0 Å². The van der Waals surface area contributed by atoms with E-state index in [1.165, 1.54) is 35.9 Å². The minimum absolute atomic E-state index is 0.204. The van der Waals surface area contributed by atoms with Gasteiger partial charge in [-0.15, -0.1) is 0 Å². The van der Waals surface area contributed by atoms with Crippen LogP contribution in [0.4, 0.5) is 10.1 Å². The molecule has 0 spiro atoms. The lowest BCUT2D eigenvalue weighted by atomic mass is 9.67. The summed E-state index contributed by atoms with van der Waals surface area (Å²) in [6, 6.07) is 10.5. The van der Waals surface area contributed by atoms with Gasteiger partial charge in [-0.25, -0.2) is 0 Å². The number of H-pyrrole nitrogens is 2. The van der Waals surface area contributed by atoms with Crippen molar-refractivity contribution in [1.29, 1.82) is 0 Å². The monoisotopic (exact) mass is 373 g/mol. The fraction of sp³-hybridized carbons (Fsp3) is 0.364. The molecule has 3 aliphatic rings. The minimum atomic E-state index is -0.349. The topological polar surface area (TPSA) is 69.4 Å². The Bertz CT molecular complexity index is 1240. The quantitative estimate of drug-likeness (QED) is 0.446. The molecule has 0 radical (unpaired) electrons. The second-order valence-electron chi connectivity index (χ2n) is 8.73. The first kappa shape index (κ1) is 15.1. The number of nitrogens with zero attached hydrogens (tertiary/aromatic N) is 2. The Morgan fingerprint density at radius 1 is 1.00 bits per heavy atom. The van der Waals surface area contributed by atoms with Gasteiger partial charge in [0, 0.05) is 11.1 Å². The summed E-state index contributed by atoms with van der Waals surface area (Å²) in [7, 11) is 0. The average molecular weight is 373 g/mol. The molecule has 5 nitrogen and oxygen atoms in total. The lowest BCUT2D eigenvalue weighted by Gasteiger charge is -2.43. The Kier molecular flexibility index (Phi) is 2.76. The summed E-state index contributed by atoms with van der Waals surface area (Å²) in [6.45, 7) is 0. The smallest absolute Gasteiger partial charge is 0.216 e. The lowest BCUT2D eigenvalue weighted by molar-refractivity contribution is 0.249. The van der Waals surface area contributed by atoms with E-state index in [9.17, 15) is 4.39 Å². The van der Waals surface area contributed by atoms with Crippen molar-refractivity contribution in [2.24, 2.45) is 17.8 Å². The predicted molar refractivity (Wildman–Crippen MR) is 106 cm³/mol. The summed E-state index contributed by atoms with van der Waals surface area (Å²) in [6.07, 6.45) is 5.92. The number of nitrogens with one attached hydrogen (secondary N) is 3. The molecule has 4 aromatic rings. The van der Waals surface area contributed by atoms with Crippen LogP contribution >= 0.6 is 0 Å². The van der Waals surface area contributed by atoms with E-state index in [2.05, 4.69) is 43.9 Å². The molecular weight excluding hydrogens is 353 g/mol. The van der Waals surface area contributed by atoms with Gasteiger partial charge in [0.1, 0.15) is 0 Å². The lowest BCUT2D eigenvalue weighted by Crippen LogP contribution is -2.35. The molecule has 5 atom stereocenters. The molecule has 28 heavy (non-hydrogen) atoms. The maximum Gasteiger partial charge on any atom is 0.216 e. The van der Waals surface area contributed by atoms with E-state index in [-0.39, 0.29) is 12.0 Å². The molecule has 2 aromatic carbocycles. The van der Waals surface area contributed by atoms with Crippen LogP contribution in [-0.2, 0) is 0 Å². The summed E-state index contributed by atoms with van der Waals surface area (Å²) >= 11 is 0. The van der Waals surface area contributed by atoms with Crippen LogP contribution < -0.4 is 5.32 Å². The standard InChI is InChI=1S/C22H20FN5/c23-22-13-8-12(3-4-15(13)27-28-22)21-19-11-2-1-10(7-11)18(19)20-14-9-24-26-16(14)5-6-17(20)25-21/h3-6,8-11,18-19,21,25H,1-2,7H2,(H,24,26)(H,27,28)/t10?,11-,18-,19+,21-/m0/s1. The molecule has 1 aliphatic heterocycles. The van der Waals surface area contributed by atoms with Crippen LogP contribution in [0.3, 0.4) is 0 Å². The van der Waals surface area contributed by atoms with Crippen LogP contribution in [0.15, 0.2) is 36.5 Å². The molecule has 2 aliphatic carbocycles. The zero-order valence-electron chi connectivity index (χ0n) is 15.2. The van der Waals surface area contributed by atoms with E-state index in [1.54, 1.807) is 0 Å². The average Bonchev–Trinajstić information content (AvgIpc) is 3.51. The first-order chi connectivity index (χ1) is 13.8. The van der Waals surface area contributed by atoms with Crippen molar-refractivity contribution in [3.63, 3.8) is 0 Å². The first-order valence-corrected chi connectivity index (χ1v) is 10.1. The molecule has 0 saturated heterocycles. The number of aromatic amines is 2. The maximum absolute atomic E-state index is 14.1. The Morgan fingerprint density at radius 2 is 1.93 bits per heavy atom. The Balaban J connectivity index is 1.44. The summed E-state index contributed by atoms with van der Waals surface area (Å²) in [5.74, 6) is 2.21. The highest BCUT2D eigenvalue weighted by Crippen LogP contribution is 2.64. The van der Waals surface area contributed by atoms with Gasteiger partial charge in [-0.05, 0) is 78.3 Å². The number of aromatic nitrogens is 4. The third kappa shape index (κ3) is 1.81. The maximum atomic E-state index is 14.1. The van der Waals surface area contributed by atoms with Crippen LogP contribution in [0.2, 0.25) is 0 Å². The van der Waals surface area contributed by atoms with Crippen molar-refractivity contribution >= 4 is 27.5 Å². The molecule has 7 rings (SSSR count). The van der Waals surface area contributed by atoms with Crippen molar-refractivity contribution in [1.82, 2.24) is 20.4 Å². The molecule has 3 N–H and O–H groups in total. The number of fused-ring (bicyclic) bond motifs is 10. The van der Waals surface area contributed by atoms with Gasteiger partial charge in [-0.2, -0.15) is 14.6 Å².